The first-order valence-electron chi connectivity index (χ1n) is 5.69. The van der Waals surface area contributed by atoms with Crippen molar-refractivity contribution in [1.82, 2.24) is 4.98 Å². The van der Waals surface area contributed by atoms with E-state index < -0.39 is 0 Å². The molecule has 0 unspecified atom stereocenters. The minimum Gasteiger partial charge on any atom is -0.385 e. The SMILES string of the molecule is COCCC1(CNc2ncc(Br)cc2Br)CC1. The summed E-state index contributed by atoms with van der Waals surface area (Å²) in [6.07, 6.45) is 5.52. The van der Waals surface area contributed by atoms with Gasteiger partial charge in [-0.25, -0.2) is 4.98 Å². The molecule has 2 rings (SSSR count). The maximum Gasteiger partial charge on any atom is 0.140 e. The van der Waals surface area contributed by atoms with Crippen LogP contribution in [-0.4, -0.2) is 25.2 Å². The Balaban J connectivity index is 1.89. The lowest BCUT2D eigenvalue weighted by Crippen LogP contribution is -2.18. The predicted octanol–water partition coefficient (Wildman–Crippen LogP) is 3.84. The molecule has 0 aliphatic heterocycles. The van der Waals surface area contributed by atoms with Crippen LogP contribution in [0.15, 0.2) is 21.2 Å². The molecule has 1 N–H and O–H groups in total. The van der Waals surface area contributed by atoms with Gasteiger partial charge in [0.05, 0.1) is 4.47 Å². The van der Waals surface area contributed by atoms with Gasteiger partial charge in [-0.05, 0) is 62.6 Å². The molecule has 0 saturated heterocycles. The minimum absolute atomic E-state index is 0.435. The van der Waals surface area contributed by atoms with Gasteiger partial charge < -0.3 is 10.1 Å². The number of nitrogens with zero attached hydrogens (tertiary/aromatic N) is 1. The number of methoxy groups -OCH3 is 1. The molecule has 5 heteroatoms. The molecular weight excluding hydrogens is 348 g/mol. The summed E-state index contributed by atoms with van der Waals surface area (Å²) in [7, 11) is 1.76. The lowest BCUT2D eigenvalue weighted by atomic mass is 10.0. The highest BCUT2D eigenvalue weighted by Crippen LogP contribution is 2.48. The zero-order valence-corrected chi connectivity index (χ0v) is 13.0. The van der Waals surface area contributed by atoms with Gasteiger partial charge in [0.1, 0.15) is 5.82 Å². The molecule has 0 spiro atoms. The van der Waals surface area contributed by atoms with Crippen molar-refractivity contribution >= 4 is 37.7 Å². The summed E-state index contributed by atoms with van der Waals surface area (Å²) >= 11 is 6.90. The van der Waals surface area contributed by atoms with E-state index in [0.29, 0.717) is 5.41 Å². The third kappa shape index (κ3) is 3.66. The predicted molar refractivity (Wildman–Crippen MR) is 76.3 cm³/mol. The second-order valence-electron chi connectivity index (χ2n) is 4.58. The van der Waals surface area contributed by atoms with Crippen molar-refractivity contribution in [3.05, 3.63) is 21.2 Å². The van der Waals surface area contributed by atoms with E-state index in [4.69, 9.17) is 4.74 Å². The minimum atomic E-state index is 0.435. The van der Waals surface area contributed by atoms with E-state index in [1.807, 2.05) is 12.3 Å². The van der Waals surface area contributed by atoms with E-state index in [9.17, 15) is 0 Å². The summed E-state index contributed by atoms with van der Waals surface area (Å²) in [6.45, 7) is 1.82. The smallest absolute Gasteiger partial charge is 0.140 e. The molecule has 1 heterocycles. The molecular formula is C12H16Br2N2O. The summed E-state index contributed by atoms with van der Waals surface area (Å²) in [5.74, 6) is 0.914. The molecule has 17 heavy (non-hydrogen) atoms. The van der Waals surface area contributed by atoms with Gasteiger partial charge in [-0.1, -0.05) is 0 Å². The van der Waals surface area contributed by atoms with Crippen molar-refractivity contribution in [3.63, 3.8) is 0 Å². The number of pyridine rings is 1. The van der Waals surface area contributed by atoms with Crippen LogP contribution in [0.1, 0.15) is 19.3 Å². The first-order chi connectivity index (χ1) is 8.15. The van der Waals surface area contributed by atoms with E-state index in [-0.39, 0.29) is 0 Å². The van der Waals surface area contributed by atoms with Crippen LogP contribution < -0.4 is 5.32 Å². The van der Waals surface area contributed by atoms with Gasteiger partial charge >= 0.3 is 0 Å². The highest BCUT2D eigenvalue weighted by Gasteiger charge is 2.41. The molecule has 1 saturated carbocycles. The zero-order chi connectivity index (χ0) is 12.3. The summed E-state index contributed by atoms with van der Waals surface area (Å²) < 4.78 is 7.13. The fourth-order valence-electron chi connectivity index (χ4n) is 1.83. The van der Waals surface area contributed by atoms with Crippen LogP contribution in [0.5, 0.6) is 0 Å². The van der Waals surface area contributed by atoms with Crippen molar-refractivity contribution in [2.45, 2.75) is 19.3 Å². The number of aromatic nitrogens is 1. The highest BCUT2D eigenvalue weighted by atomic mass is 79.9. The molecule has 94 valence electrons. The van der Waals surface area contributed by atoms with E-state index >= 15 is 0 Å². The average Bonchev–Trinajstić information content (AvgIpc) is 3.06. The number of ether oxygens (including phenoxy) is 1. The second-order valence-corrected chi connectivity index (χ2v) is 6.35. The molecule has 1 aliphatic carbocycles. The van der Waals surface area contributed by atoms with Crippen LogP contribution in [0.25, 0.3) is 0 Å². The quantitative estimate of drug-likeness (QED) is 0.833. The maximum absolute atomic E-state index is 5.15. The van der Waals surface area contributed by atoms with Gasteiger partial charge in [0, 0.05) is 30.9 Å². The standard InChI is InChI=1S/C12H16Br2N2O/c1-17-5-4-12(2-3-12)8-16-11-10(14)6-9(13)7-15-11/h6-7H,2-5,8H2,1H3,(H,15,16). The molecule has 0 amide bonds. The Bertz CT molecular complexity index is 394. The van der Waals surface area contributed by atoms with E-state index in [2.05, 4.69) is 42.2 Å². The van der Waals surface area contributed by atoms with Crippen LogP contribution in [0.4, 0.5) is 5.82 Å². The highest BCUT2D eigenvalue weighted by molar-refractivity contribution is 9.11. The fourth-order valence-corrected chi connectivity index (χ4v) is 2.95. The lowest BCUT2D eigenvalue weighted by Gasteiger charge is -2.16. The van der Waals surface area contributed by atoms with E-state index in [0.717, 1.165) is 34.3 Å². The van der Waals surface area contributed by atoms with Crippen LogP contribution in [0, 0.1) is 5.41 Å². The lowest BCUT2D eigenvalue weighted by molar-refractivity contribution is 0.175. The Morgan fingerprint density at radius 3 is 2.82 bits per heavy atom. The molecule has 3 nitrogen and oxygen atoms in total. The molecule has 0 atom stereocenters. The Hall–Kier alpha value is -0.130. The molecule has 1 fully saturated rings. The van der Waals surface area contributed by atoms with Gasteiger partial charge in [0.15, 0.2) is 0 Å². The van der Waals surface area contributed by atoms with Gasteiger partial charge in [-0.2, -0.15) is 0 Å². The second kappa shape index (κ2) is 5.67. The molecule has 1 aromatic heterocycles. The van der Waals surface area contributed by atoms with Crippen molar-refractivity contribution in [1.29, 1.82) is 0 Å². The van der Waals surface area contributed by atoms with Crippen LogP contribution >= 0.6 is 31.9 Å². The van der Waals surface area contributed by atoms with Gasteiger partial charge in [0.25, 0.3) is 0 Å². The summed E-state index contributed by atoms with van der Waals surface area (Å²) in [4.78, 5) is 4.35. The van der Waals surface area contributed by atoms with Crippen molar-refractivity contribution in [3.8, 4) is 0 Å². The number of hydrogen-bond donors (Lipinski definition) is 1. The van der Waals surface area contributed by atoms with Crippen molar-refractivity contribution in [2.24, 2.45) is 5.41 Å². The number of anilines is 1. The Labute approximate surface area is 119 Å². The number of nitrogens with one attached hydrogen (secondary N) is 1. The number of hydrogen-bond acceptors (Lipinski definition) is 3. The number of halogens is 2. The fraction of sp³-hybridized carbons (Fsp3) is 0.583. The van der Waals surface area contributed by atoms with Crippen molar-refractivity contribution < 1.29 is 4.74 Å². The topological polar surface area (TPSA) is 34.1 Å². The Kier molecular flexibility index (Phi) is 4.44. The summed E-state index contributed by atoms with van der Waals surface area (Å²) in [5, 5.41) is 3.42. The van der Waals surface area contributed by atoms with Crippen LogP contribution in [-0.2, 0) is 4.74 Å². The number of rotatable bonds is 6. The first kappa shape index (κ1) is 13.3. The third-order valence-electron chi connectivity index (χ3n) is 3.23. The van der Waals surface area contributed by atoms with Gasteiger partial charge in [-0.15, -0.1) is 0 Å². The average molecular weight is 364 g/mol. The van der Waals surface area contributed by atoms with Crippen molar-refractivity contribution in [2.75, 3.05) is 25.6 Å². The van der Waals surface area contributed by atoms with E-state index in [1.165, 1.54) is 12.8 Å². The van der Waals surface area contributed by atoms with Gasteiger partial charge in [-0.3, -0.25) is 0 Å². The zero-order valence-electron chi connectivity index (χ0n) is 9.80. The van der Waals surface area contributed by atoms with E-state index in [1.54, 1.807) is 7.11 Å². The first-order valence-corrected chi connectivity index (χ1v) is 7.28. The van der Waals surface area contributed by atoms with Crippen LogP contribution in [0.2, 0.25) is 0 Å². The van der Waals surface area contributed by atoms with Gasteiger partial charge in [0.2, 0.25) is 0 Å². The Morgan fingerprint density at radius 1 is 1.47 bits per heavy atom. The monoisotopic (exact) mass is 362 g/mol. The molecule has 1 aliphatic rings. The van der Waals surface area contributed by atoms with Crippen LogP contribution in [0.3, 0.4) is 0 Å². The normalized spacial score (nSPS) is 16.9. The molecule has 0 bridgehead atoms. The summed E-state index contributed by atoms with van der Waals surface area (Å²) in [6, 6.07) is 2.00. The molecule has 0 radical (unpaired) electrons. The molecule has 0 aromatic carbocycles. The Morgan fingerprint density at radius 2 is 2.24 bits per heavy atom. The molecule has 1 aromatic rings. The maximum atomic E-state index is 5.15. The summed E-state index contributed by atoms with van der Waals surface area (Å²) in [5.41, 5.74) is 0.435. The third-order valence-corrected chi connectivity index (χ3v) is 4.27. The largest absolute Gasteiger partial charge is 0.385 e.